The first-order valence-corrected chi connectivity index (χ1v) is 9.48. The van der Waals surface area contributed by atoms with E-state index in [0.29, 0.717) is 17.8 Å². The summed E-state index contributed by atoms with van der Waals surface area (Å²) >= 11 is 0. The van der Waals surface area contributed by atoms with Gasteiger partial charge in [0.2, 0.25) is 5.91 Å². The van der Waals surface area contributed by atoms with Crippen molar-refractivity contribution in [2.45, 2.75) is 33.8 Å². The molecule has 0 spiro atoms. The maximum absolute atomic E-state index is 12.5. The number of carbonyl (C=O) groups is 3. The molecule has 1 fully saturated rings. The molecule has 154 valence electrons. The highest BCUT2D eigenvalue weighted by atomic mass is 16.6. The highest BCUT2D eigenvalue weighted by molar-refractivity contribution is 6.28. The van der Waals surface area contributed by atoms with Crippen LogP contribution in [0.1, 0.15) is 33.3 Å². The van der Waals surface area contributed by atoms with E-state index in [4.69, 9.17) is 4.74 Å². The first-order chi connectivity index (χ1) is 13.6. The number of amides is 3. The molecule has 1 N–H and O–H groups in total. The van der Waals surface area contributed by atoms with Crippen LogP contribution in [0.25, 0.3) is 6.08 Å². The van der Waals surface area contributed by atoms with Gasteiger partial charge in [0.15, 0.2) is 0 Å². The zero-order chi connectivity index (χ0) is 21.3. The highest BCUT2D eigenvalue weighted by Crippen LogP contribution is 2.29. The molecule has 2 heterocycles. The van der Waals surface area contributed by atoms with Crippen molar-refractivity contribution in [1.29, 1.82) is 0 Å². The van der Waals surface area contributed by atoms with Gasteiger partial charge in [-0.3, -0.25) is 14.5 Å². The molecule has 1 aromatic carbocycles. The third kappa shape index (κ3) is 4.47. The molecule has 29 heavy (non-hydrogen) atoms. The minimum absolute atomic E-state index is 0.136. The lowest BCUT2D eigenvalue weighted by Crippen LogP contribution is -2.33. The fourth-order valence-corrected chi connectivity index (χ4v) is 3.22. The van der Waals surface area contributed by atoms with E-state index in [1.165, 1.54) is 16.8 Å². The molecule has 1 saturated heterocycles. The van der Waals surface area contributed by atoms with E-state index in [1.807, 2.05) is 51.1 Å². The molecule has 0 radical (unpaired) electrons. The molecular weight excluding hydrogens is 372 g/mol. The zero-order valence-corrected chi connectivity index (χ0v) is 17.4. The highest BCUT2D eigenvalue weighted by Gasteiger charge is 2.35. The smallest absolute Gasteiger partial charge is 0.414 e. The predicted octanol–water partition coefficient (Wildman–Crippen LogP) is 2.41. The van der Waals surface area contributed by atoms with E-state index in [2.05, 4.69) is 10.4 Å². The van der Waals surface area contributed by atoms with Gasteiger partial charge in [0.05, 0.1) is 24.4 Å². The third-order valence-electron chi connectivity index (χ3n) is 4.71. The van der Waals surface area contributed by atoms with Crippen LogP contribution in [0.2, 0.25) is 0 Å². The van der Waals surface area contributed by atoms with Crippen LogP contribution in [0.15, 0.2) is 34.9 Å². The Balaban J connectivity index is 1.76. The Bertz CT molecular complexity index is 896. The van der Waals surface area contributed by atoms with Crippen LogP contribution in [0.4, 0.5) is 10.5 Å². The van der Waals surface area contributed by atoms with Gasteiger partial charge < -0.3 is 10.1 Å². The van der Waals surface area contributed by atoms with Gasteiger partial charge in [0.1, 0.15) is 6.10 Å². The lowest BCUT2D eigenvalue weighted by Gasteiger charge is -2.18. The number of nitrogens with one attached hydrogen (secondary N) is 1. The van der Waals surface area contributed by atoms with E-state index in [-0.39, 0.29) is 29.9 Å². The standard InChI is InChI=1S/C21H26N4O4/c1-13(26)22-11-16-12-25(20(28)29-16)15-8-6-14(7-9-15)10-17-18(21(2,3)4)23-24(5)19(17)27/h6-10,16H,11-12H2,1-5H3,(H,22,26)/b17-10-. The van der Waals surface area contributed by atoms with Crippen LogP contribution in [0.3, 0.4) is 0 Å². The molecule has 8 nitrogen and oxygen atoms in total. The monoisotopic (exact) mass is 398 g/mol. The number of ether oxygens (including phenoxy) is 1. The summed E-state index contributed by atoms with van der Waals surface area (Å²) in [7, 11) is 1.65. The Morgan fingerprint density at radius 2 is 1.93 bits per heavy atom. The van der Waals surface area contributed by atoms with E-state index in [0.717, 1.165) is 11.3 Å². The number of hydrogen-bond donors (Lipinski definition) is 1. The van der Waals surface area contributed by atoms with Crippen LogP contribution in [0, 0.1) is 5.41 Å². The van der Waals surface area contributed by atoms with Crippen molar-refractivity contribution in [2.75, 3.05) is 25.0 Å². The molecule has 0 aromatic heterocycles. The maximum Gasteiger partial charge on any atom is 0.414 e. The van der Waals surface area contributed by atoms with Crippen LogP contribution in [0.5, 0.6) is 0 Å². The van der Waals surface area contributed by atoms with E-state index < -0.39 is 6.09 Å². The van der Waals surface area contributed by atoms with Gasteiger partial charge in [-0.15, -0.1) is 0 Å². The number of carbonyl (C=O) groups excluding carboxylic acids is 3. The van der Waals surface area contributed by atoms with Gasteiger partial charge in [-0.25, -0.2) is 9.80 Å². The van der Waals surface area contributed by atoms with Crippen molar-refractivity contribution in [3.63, 3.8) is 0 Å². The maximum atomic E-state index is 12.5. The Morgan fingerprint density at radius 3 is 2.52 bits per heavy atom. The van der Waals surface area contributed by atoms with Crippen LogP contribution >= 0.6 is 0 Å². The average Bonchev–Trinajstić information content (AvgIpc) is 3.15. The second-order valence-electron chi connectivity index (χ2n) is 8.23. The van der Waals surface area contributed by atoms with Crippen molar-refractivity contribution < 1.29 is 19.1 Å². The van der Waals surface area contributed by atoms with Crippen molar-refractivity contribution in [3.8, 4) is 0 Å². The van der Waals surface area contributed by atoms with Gasteiger partial charge in [-0.1, -0.05) is 32.9 Å². The Morgan fingerprint density at radius 1 is 1.28 bits per heavy atom. The Kier molecular flexibility index (Phi) is 5.46. The van der Waals surface area contributed by atoms with Crippen molar-refractivity contribution >= 4 is 35.4 Å². The van der Waals surface area contributed by atoms with Crippen molar-refractivity contribution in [2.24, 2.45) is 10.5 Å². The molecule has 1 atom stereocenters. The number of benzene rings is 1. The van der Waals surface area contributed by atoms with Gasteiger partial charge >= 0.3 is 6.09 Å². The molecule has 0 bridgehead atoms. The first-order valence-electron chi connectivity index (χ1n) is 9.48. The number of hydrogen-bond acceptors (Lipinski definition) is 5. The van der Waals surface area contributed by atoms with Crippen LogP contribution < -0.4 is 10.2 Å². The molecule has 0 saturated carbocycles. The summed E-state index contributed by atoms with van der Waals surface area (Å²) < 4.78 is 5.29. The summed E-state index contributed by atoms with van der Waals surface area (Å²) in [5, 5.41) is 8.39. The third-order valence-corrected chi connectivity index (χ3v) is 4.71. The fourth-order valence-electron chi connectivity index (χ4n) is 3.22. The number of nitrogens with zero attached hydrogens (tertiary/aromatic N) is 3. The summed E-state index contributed by atoms with van der Waals surface area (Å²) in [5.41, 5.74) is 2.60. The summed E-state index contributed by atoms with van der Waals surface area (Å²) in [4.78, 5) is 37.2. The first kappa shape index (κ1) is 20.6. The number of anilines is 1. The van der Waals surface area contributed by atoms with E-state index in [1.54, 1.807) is 7.05 Å². The molecule has 3 amide bonds. The topological polar surface area (TPSA) is 91.3 Å². The van der Waals surface area contributed by atoms with Crippen molar-refractivity contribution in [3.05, 3.63) is 35.4 Å². The number of hydrazone groups is 1. The van der Waals surface area contributed by atoms with Gasteiger partial charge in [0.25, 0.3) is 5.91 Å². The minimum atomic E-state index is -0.443. The van der Waals surface area contributed by atoms with Crippen molar-refractivity contribution in [1.82, 2.24) is 10.3 Å². The van der Waals surface area contributed by atoms with Gasteiger partial charge in [0, 0.05) is 25.1 Å². The van der Waals surface area contributed by atoms with Gasteiger partial charge in [-0.05, 0) is 23.8 Å². The number of rotatable bonds is 4. The predicted molar refractivity (Wildman–Crippen MR) is 110 cm³/mol. The quantitative estimate of drug-likeness (QED) is 0.789. The molecule has 2 aliphatic heterocycles. The average molecular weight is 398 g/mol. The number of cyclic esters (lactones) is 1. The molecule has 1 unspecified atom stereocenters. The van der Waals surface area contributed by atoms with E-state index >= 15 is 0 Å². The number of likely N-dealkylation sites (N-methyl/N-ethyl adjacent to an activating group) is 1. The summed E-state index contributed by atoms with van der Waals surface area (Å²) in [6, 6.07) is 7.32. The van der Waals surface area contributed by atoms with E-state index in [9.17, 15) is 14.4 Å². The summed E-state index contributed by atoms with van der Waals surface area (Å²) in [6.45, 7) is 8.13. The normalized spacial score (nSPS) is 20.9. The summed E-state index contributed by atoms with van der Waals surface area (Å²) in [6.07, 6.45) is 0.994. The zero-order valence-electron chi connectivity index (χ0n) is 17.4. The second kappa shape index (κ2) is 7.69. The molecule has 2 aliphatic rings. The minimum Gasteiger partial charge on any atom is -0.442 e. The largest absolute Gasteiger partial charge is 0.442 e. The lowest BCUT2D eigenvalue weighted by atomic mass is 9.85. The van der Waals surface area contributed by atoms with Crippen LogP contribution in [-0.2, 0) is 14.3 Å². The Hall–Kier alpha value is -3.16. The molecule has 0 aliphatic carbocycles. The molecular formula is C21H26N4O4. The molecule has 1 aromatic rings. The fraction of sp³-hybridized carbons (Fsp3) is 0.429. The molecule has 3 rings (SSSR count). The summed E-state index contributed by atoms with van der Waals surface area (Å²) in [5.74, 6) is -0.301. The second-order valence-corrected chi connectivity index (χ2v) is 8.23. The lowest BCUT2D eigenvalue weighted by molar-refractivity contribution is -0.124. The van der Waals surface area contributed by atoms with Gasteiger partial charge in [-0.2, -0.15) is 5.10 Å². The SMILES string of the molecule is CC(=O)NCC1CN(c2ccc(/C=C3\C(=O)N(C)N=C3C(C)(C)C)cc2)C(=O)O1. The molecule has 8 heteroatoms. The Labute approximate surface area is 170 Å². The van der Waals surface area contributed by atoms with Crippen LogP contribution in [-0.4, -0.2) is 54.9 Å².